The fraction of sp³-hybridized carbons (Fsp3) is 0.562. The SMILES string of the molecule is CC(C)(OC(=O)COc1ccc(Cl)cc1Cl)C1CCNCC1. The van der Waals surface area contributed by atoms with Crippen molar-refractivity contribution in [1.82, 2.24) is 5.32 Å². The van der Waals surface area contributed by atoms with Crippen LogP contribution in [0.4, 0.5) is 0 Å². The number of carbonyl (C=O) groups excluding carboxylic acids is 1. The Morgan fingerprint density at radius 3 is 2.64 bits per heavy atom. The Hall–Kier alpha value is -0.970. The van der Waals surface area contributed by atoms with Gasteiger partial charge in [-0.2, -0.15) is 0 Å². The molecule has 0 spiro atoms. The summed E-state index contributed by atoms with van der Waals surface area (Å²) < 4.78 is 11.0. The molecule has 0 atom stereocenters. The first-order valence-corrected chi connectivity index (χ1v) is 8.14. The van der Waals surface area contributed by atoms with Crippen LogP contribution in [0.5, 0.6) is 5.75 Å². The highest BCUT2D eigenvalue weighted by atomic mass is 35.5. The molecule has 1 aromatic carbocycles. The van der Waals surface area contributed by atoms with E-state index in [0.29, 0.717) is 21.7 Å². The number of ether oxygens (including phenoxy) is 2. The first kappa shape index (κ1) is 17.4. The molecule has 0 amide bonds. The van der Waals surface area contributed by atoms with Gasteiger partial charge in [-0.05, 0) is 58.0 Å². The average Bonchev–Trinajstić information content (AvgIpc) is 2.47. The number of nitrogens with one attached hydrogen (secondary N) is 1. The second kappa shape index (κ2) is 7.53. The van der Waals surface area contributed by atoms with Crippen LogP contribution in [0.1, 0.15) is 26.7 Å². The van der Waals surface area contributed by atoms with E-state index < -0.39 is 11.6 Å². The van der Waals surface area contributed by atoms with Gasteiger partial charge < -0.3 is 14.8 Å². The van der Waals surface area contributed by atoms with Gasteiger partial charge in [0.15, 0.2) is 6.61 Å². The topological polar surface area (TPSA) is 47.6 Å². The lowest BCUT2D eigenvalue weighted by molar-refractivity contribution is -0.165. The van der Waals surface area contributed by atoms with Gasteiger partial charge in [0.2, 0.25) is 0 Å². The van der Waals surface area contributed by atoms with E-state index >= 15 is 0 Å². The normalized spacial score (nSPS) is 16.4. The number of esters is 1. The summed E-state index contributed by atoms with van der Waals surface area (Å²) in [5.41, 5.74) is -0.494. The summed E-state index contributed by atoms with van der Waals surface area (Å²) in [6, 6.07) is 4.87. The van der Waals surface area contributed by atoms with Gasteiger partial charge in [-0.1, -0.05) is 23.2 Å². The van der Waals surface area contributed by atoms with E-state index in [2.05, 4.69) is 5.32 Å². The molecule has 0 bridgehead atoms. The minimum atomic E-state index is -0.494. The summed E-state index contributed by atoms with van der Waals surface area (Å²) in [6.07, 6.45) is 2.01. The Morgan fingerprint density at radius 2 is 2.00 bits per heavy atom. The summed E-state index contributed by atoms with van der Waals surface area (Å²) >= 11 is 11.8. The van der Waals surface area contributed by atoms with E-state index in [1.165, 1.54) is 0 Å². The maximum Gasteiger partial charge on any atom is 0.344 e. The number of halogens is 2. The zero-order valence-corrected chi connectivity index (χ0v) is 14.3. The van der Waals surface area contributed by atoms with Gasteiger partial charge in [0.1, 0.15) is 11.4 Å². The van der Waals surface area contributed by atoms with Crippen molar-refractivity contribution in [3.05, 3.63) is 28.2 Å². The minimum absolute atomic E-state index is 0.171. The maximum absolute atomic E-state index is 12.0. The van der Waals surface area contributed by atoms with E-state index in [1.807, 2.05) is 13.8 Å². The lowest BCUT2D eigenvalue weighted by atomic mass is 9.83. The molecule has 1 N–H and O–H groups in total. The third-order valence-electron chi connectivity index (χ3n) is 3.94. The summed E-state index contributed by atoms with van der Waals surface area (Å²) in [4.78, 5) is 12.0. The van der Waals surface area contributed by atoms with E-state index in [4.69, 9.17) is 32.7 Å². The van der Waals surface area contributed by atoms with Crippen molar-refractivity contribution >= 4 is 29.2 Å². The molecule has 1 saturated heterocycles. The molecule has 1 aliphatic rings. The summed E-state index contributed by atoms with van der Waals surface area (Å²) in [5, 5.41) is 4.20. The van der Waals surface area contributed by atoms with Crippen molar-refractivity contribution in [2.24, 2.45) is 5.92 Å². The van der Waals surface area contributed by atoms with Gasteiger partial charge in [0, 0.05) is 10.9 Å². The fourth-order valence-electron chi connectivity index (χ4n) is 2.65. The van der Waals surface area contributed by atoms with Gasteiger partial charge in [0.25, 0.3) is 0 Å². The molecule has 2 rings (SSSR count). The second-order valence-corrected chi connectivity index (χ2v) is 6.81. The first-order chi connectivity index (χ1) is 10.4. The van der Waals surface area contributed by atoms with E-state index in [1.54, 1.807) is 18.2 Å². The Balaban J connectivity index is 1.86. The highest BCUT2D eigenvalue weighted by Gasteiger charge is 2.34. The molecule has 0 saturated carbocycles. The van der Waals surface area contributed by atoms with Gasteiger partial charge in [0.05, 0.1) is 5.02 Å². The minimum Gasteiger partial charge on any atom is -0.480 e. The third kappa shape index (κ3) is 4.77. The zero-order valence-electron chi connectivity index (χ0n) is 12.8. The van der Waals surface area contributed by atoms with Crippen LogP contribution < -0.4 is 10.1 Å². The van der Waals surface area contributed by atoms with Crippen LogP contribution in [0.3, 0.4) is 0 Å². The van der Waals surface area contributed by atoms with Crippen molar-refractivity contribution < 1.29 is 14.3 Å². The molecule has 0 unspecified atom stereocenters. The van der Waals surface area contributed by atoms with Crippen LogP contribution in [-0.4, -0.2) is 31.3 Å². The third-order valence-corrected chi connectivity index (χ3v) is 4.47. The van der Waals surface area contributed by atoms with Gasteiger partial charge in [-0.15, -0.1) is 0 Å². The molecule has 1 aliphatic heterocycles. The van der Waals surface area contributed by atoms with Crippen LogP contribution in [0.15, 0.2) is 18.2 Å². The monoisotopic (exact) mass is 345 g/mol. The number of benzene rings is 1. The lowest BCUT2D eigenvalue weighted by Gasteiger charge is -2.36. The van der Waals surface area contributed by atoms with Crippen molar-refractivity contribution in [3.8, 4) is 5.75 Å². The summed E-state index contributed by atoms with van der Waals surface area (Å²) in [6.45, 7) is 5.66. The van der Waals surface area contributed by atoms with E-state index in [9.17, 15) is 4.79 Å². The predicted octanol–water partition coefficient (Wildman–Crippen LogP) is 3.69. The Bertz CT molecular complexity index is 528. The molecule has 122 valence electrons. The summed E-state index contributed by atoms with van der Waals surface area (Å²) in [5.74, 6) is 0.383. The summed E-state index contributed by atoms with van der Waals surface area (Å²) in [7, 11) is 0. The van der Waals surface area contributed by atoms with Crippen LogP contribution >= 0.6 is 23.2 Å². The molecule has 0 radical (unpaired) electrons. The van der Waals surface area contributed by atoms with Crippen LogP contribution in [-0.2, 0) is 9.53 Å². The van der Waals surface area contributed by atoms with Crippen molar-refractivity contribution in [2.75, 3.05) is 19.7 Å². The average molecular weight is 346 g/mol. The maximum atomic E-state index is 12.0. The first-order valence-electron chi connectivity index (χ1n) is 7.39. The van der Waals surface area contributed by atoms with Crippen molar-refractivity contribution in [2.45, 2.75) is 32.3 Å². The molecule has 1 aromatic rings. The van der Waals surface area contributed by atoms with E-state index in [0.717, 1.165) is 25.9 Å². The molecule has 1 fully saturated rings. The predicted molar refractivity (Wildman–Crippen MR) is 87.7 cm³/mol. The van der Waals surface area contributed by atoms with Crippen molar-refractivity contribution in [1.29, 1.82) is 0 Å². The van der Waals surface area contributed by atoms with Gasteiger partial charge in [-0.3, -0.25) is 0 Å². The number of rotatable bonds is 5. The molecule has 0 aromatic heterocycles. The second-order valence-electron chi connectivity index (χ2n) is 5.97. The zero-order chi connectivity index (χ0) is 16.2. The quantitative estimate of drug-likeness (QED) is 0.826. The number of hydrogen-bond acceptors (Lipinski definition) is 4. The number of hydrogen-bond donors (Lipinski definition) is 1. The van der Waals surface area contributed by atoms with Gasteiger partial charge in [-0.25, -0.2) is 4.79 Å². The molecule has 0 aliphatic carbocycles. The number of piperidine rings is 1. The molecular formula is C16H21Cl2NO3. The van der Waals surface area contributed by atoms with Crippen LogP contribution in [0, 0.1) is 5.92 Å². The largest absolute Gasteiger partial charge is 0.480 e. The fourth-order valence-corrected chi connectivity index (χ4v) is 3.12. The highest BCUT2D eigenvalue weighted by molar-refractivity contribution is 6.35. The molecule has 6 heteroatoms. The molecule has 1 heterocycles. The Labute approximate surface area is 141 Å². The van der Waals surface area contributed by atoms with E-state index in [-0.39, 0.29) is 6.61 Å². The van der Waals surface area contributed by atoms with Crippen LogP contribution in [0.25, 0.3) is 0 Å². The molecule has 22 heavy (non-hydrogen) atoms. The molecular weight excluding hydrogens is 325 g/mol. The van der Waals surface area contributed by atoms with Crippen molar-refractivity contribution in [3.63, 3.8) is 0 Å². The lowest BCUT2D eigenvalue weighted by Crippen LogP contribution is -2.43. The smallest absolute Gasteiger partial charge is 0.344 e. The van der Waals surface area contributed by atoms with Crippen LogP contribution in [0.2, 0.25) is 10.0 Å². The standard InChI is InChI=1S/C16H21Cl2NO3/c1-16(2,11-5-7-19-8-6-11)22-15(20)10-21-14-4-3-12(17)9-13(14)18/h3-4,9,11,19H,5-8,10H2,1-2H3. The number of carbonyl (C=O) groups is 1. The Kier molecular flexibility index (Phi) is 5.95. The molecule has 4 nitrogen and oxygen atoms in total. The Morgan fingerprint density at radius 1 is 1.32 bits per heavy atom. The van der Waals surface area contributed by atoms with Gasteiger partial charge >= 0.3 is 5.97 Å². The highest BCUT2D eigenvalue weighted by Crippen LogP contribution is 2.30.